The number of carboxylic acid groups (broad SMARTS) is 1. The van der Waals surface area contributed by atoms with Crippen LogP contribution in [0.1, 0.15) is 26.7 Å². The summed E-state index contributed by atoms with van der Waals surface area (Å²) >= 11 is 0. The molecule has 1 rings (SSSR count). The van der Waals surface area contributed by atoms with Gasteiger partial charge in [0.2, 0.25) is 5.91 Å². The molecule has 0 bridgehead atoms. The van der Waals surface area contributed by atoms with Crippen LogP contribution < -0.4 is 11.1 Å². The first kappa shape index (κ1) is 15.3. The van der Waals surface area contributed by atoms with Gasteiger partial charge in [-0.05, 0) is 26.7 Å². The lowest BCUT2D eigenvalue weighted by Crippen LogP contribution is -2.50. The third-order valence-electron chi connectivity index (χ3n) is 3.61. The molecule has 0 aromatic carbocycles. The van der Waals surface area contributed by atoms with Gasteiger partial charge < -0.3 is 21.1 Å². The maximum absolute atomic E-state index is 12.0. The molecule has 4 N–H and O–H groups in total. The highest BCUT2D eigenvalue weighted by molar-refractivity contribution is 5.81. The van der Waals surface area contributed by atoms with Gasteiger partial charge in [-0.1, -0.05) is 0 Å². The molecule has 0 spiro atoms. The SMILES string of the molecule is CC(NC(=O)C1CCCN(C(N)=O)C1)C(C)C(=O)O. The predicted molar refractivity (Wildman–Crippen MR) is 68.3 cm³/mol. The Balaban J connectivity index is 2.53. The van der Waals surface area contributed by atoms with E-state index in [9.17, 15) is 14.4 Å². The Morgan fingerprint density at radius 3 is 2.53 bits per heavy atom. The number of likely N-dealkylation sites (tertiary alicyclic amines) is 1. The van der Waals surface area contributed by atoms with Crippen molar-refractivity contribution in [3.05, 3.63) is 0 Å². The third kappa shape index (κ3) is 4.11. The number of primary amides is 1. The van der Waals surface area contributed by atoms with Crippen molar-refractivity contribution < 1.29 is 19.5 Å². The van der Waals surface area contributed by atoms with Crippen LogP contribution in [0.3, 0.4) is 0 Å². The molecule has 19 heavy (non-hydrogen) atoms. The number of carboxylic acids is 1. The molecule has 1 fully saturated rings. The maximum atomic E-state index is 12.0. The number of hydrogen-bond donors (Lipinski definition) is 3. The van der Waals surface area contributed by atoms with Gasteiger partial charge in [-0.2, -0.15) is 0 Å². The molecular weight excluding hydrogens is 250 g/mol. The number of aliphatic carboxylic acids is 1. The minimum Gasteiger partial charge on any atom is -0.481 e. The monoisotopic (exact) mass is 271 g/mol. The number of nitrogens with two attached hydrogens (primary N) is 1. The number of piperidine rings is 1. The molecule has 0 aliphatic carbocycles. The number of carbonyl (C=O) groups is 3. The fourth-order valence-electron chi connectivity index (χ4n) is 2.07. The minimum absolute atomic E-state index is 0.216. The van der Waals surface area contributed by atoms with Crippen LogP contribution in [0.2, 0.25) is 0 Å². The van der Waals surface area contributed by atoms with E-state index in [0.717, 1.165) is 6.42 Å². The lowest BCUT2D eigenvalue weighted by molar-refractivity contribution is -0.142. The van der Waals surface area contributed by atoms with E-state index in [-0.39, 0.29) is 11.8 Å². The van der Waals surface area contributed by atoms with Gasteiger partial charge in [0, 0.05) is 19.1 Å². The Bertz CT molecular complexity index is 372. The smallest absolute Gasteiger partial charge is 0.314 e. The molecule has 0 saturated carbocycles. The van der Waals surface area contributed by atoms with Crippen LogP contribution in [0.4, 0.5) is 4.79 Å². The molecule has 1 saturated heterocycles. The van der Waals surface area contributed by atoms with Crippen LogP contribution in [0, 0.1) is 11.8 Å². The quantitative estimate of drug-likeness (QED) is 0.668. The average Bonchev–Trinajstić information content (AvgIpc) is 2.37. The van der Waals surface area contributed by atoms with E-state index in [4.69, 9.17) is 10.8 Å². The van der Waals surface area contributed by atoms with Gasteiger partial charge >= 0.3 is 12.0 Å². The number of nitrogens with one attached hydrogen (secondary N) is 1. The molecule has 7 heteroatoms. The van der Waals surface area contributed by atoms with Gasteiger partial charge in [0.05, 0.1) is 11.8 Å². The number of amides is 3. The first-order chi connectivity index (χ1) is 8.82. The van der Waals surface area contributed by atoms with Crippen molar-refractivity contribution in [2.24, 2.45) is 17.6 Å². The topological polar surface area (TPSA) is 113 Å². The Labute approximate surface area is 112 Å². The summed E-state index contributed by atoms with van der Waals surface area (Å²) in [6.07, 6.45) is 1.41. The van der Waals surface area contributed by atoms with Crippen LogP contribution in [-0.4, -0.2) is 47.0 Å². The van der Waals surface area contributed by atoms with Crippen molar-refractivity contribution in [1.29, 1.82) is 0 Å². The Kier molecular flexibility index (Phi) is 5.14. The standard InChI is InChI=1S/C12H21N3O4/c1-7(11(17)18)8(2)14-10(16)9-4-3-5-15(6-9)12(13)19/h7-9H,3-6H2,1-2H3,(H2,13,19)(H,14,16)(H,17,18). The molecule has 0 radical (unpaired) electrons. The van der Waals surface area contributed by atoms with E-state index in [1.54, 1.807) is 13.8 Å². The summed E-state index contributed by atoms with van der Waals surface area (Å²) < 4.78 is 0. The minimum atomic E-state index is -0.949. The summed E-state index contributed by atoms with van der Waals surface area (Å²) in [5.41, 5.74) is 5.20. The summed E-state index contributed by atoms with van der Waals surface area (Å²) in [6, 6.07) is -0.974. The van der Waals surface area contributed by atoms with Crippen LogP contribution in [0.25, 0.3) is 0 Å². The van der Waals surface area contributed by atoms with Crippen molar-refractivity contribution in [3.63, 3.8) is 0 Å². The van der Waals surface area contributed by atoms with Gasteiger partial charge in [0.15, 0.2) is 0 Å². The zero-order valence-electron chi connectivity index (χ0n) is 11.3. The summed E-state index contributed by atoms with van der Waals surface area (Å²) in [5, 5.41) is 11.6. The van der Waals surface area contributed by atoms with Crippen molar-refractivity contribution in [1.82, 2.24) is 10.2 Å². The van der Waals surface area contributed by atoms with E-state index in [1.165, 1.54) is 4.90 Å². The lowest BCUT2D eigenvalue weighted by Gasteiger charge is -2.31. The van der Waals surface area contributed by atoms with Gasteiger partial charge in [-0.3, -0.25) is 9.59 Å². The van der Waals surface area contributed by atoms with E-state index in [2.05, 4.69) is 5.32 Å². The van der Waals surface area contributed by atoms with Crippen LogP contribution in [0.15, 0.2) is 0 Å². The van der Waals surface area contributed by atoms with Crippen molar-refractivity contribution in [2.75, 3.05) is 13.1 Å². The second kappa shape index (κ2) is 6.40. The van der Waals surface area contributed by atoms with Gasteiger partial charge in [-0.15, -0.1) is 0 Å². The molecular formula is C12H21N3O4. The highest BCUT2D eigenvalue weighted by Crippen LogP contribution is 2.17. The highest BCUT2D eigenvalue weighted by atomic mass is 16.4. The van der Waals surface area contributed by atoms with E-state index >= 15 is 0 Å². The molecule has 3 unspecified atom stereocenters. The normalized spacial score (nSPS) is 22.4. The first-order valence-electron chi connectivity index (χ1n) is 6.40. The van der Waals surface area contributed by atoms with Crippen molar-refractivity contribution in [2.45, 2.75) is 32.7 Å². The van der Waals surface area contributed by atoms with E-state index < -0.39 is 24.0 Å². The van der Waals surface area contributed by atoms with Gasteiger partial charge in [-0.25, -0.2) is 4.79 Å². The van der Waals surface area contributed by atoms with Crippen LogP contribution >= 0.6 is 0 Å². The Morgan fingerprint density at radius 1 is 1.37 bits per heavy atom. The van der Waals surface area contributed by atoms with Crippen molar-refractivity contribution >= 4 is 17.9 Å². The molecule has 3 amide bonds. The highest BCUT2D eigenvalue weighted by Gasteiger charge is 2.29. The van der Waals surface area contributed by atoms with Crippen LogP contribution in [-0.2, 0) is 9.59 Å². The number of urea groups is 1. The summed E-state index contributed by atoms with van der Waals surface area (Å²) in [4.78, 5) is 35.4. The van der Waals surface area contributed by atoms with E-state index in [1.807, 2.05) is 0 Å². The Morgan fingerprint density at radius 2 is 2.00 bits per heavy atom. The molecule has 3 atom stereocenters. The molecule has 1 aliphatic heterocycles. The second-order valence-corrected chi connectivity index (χ2v) is 5.05. The molecule has 0 aromatic rings. The van der Waals surface area contributed by atoms with Gasteiger partial charge in [0.25, 0.3) is 0 Å². The Hall–Kier alpha value is -1.79. The molecule has 1 heterocycles. The number of carbonyl (C=O) groups excluding carboxylic acids is 2. The summed E-state index contributed by atoms with van der Waals surface area (Å²) in [5.74, 6) is -2.13. The number of hydrogen-bond acceptors (Lipinski definition) is 3. The predicted octanol–water partition coefficient (Wildman–Crippen LogP) is 0.00250. The molecule has 108 valence electrons. The van der Waals surface area contributed by atoms with Crippen molar-refractivity contribution in [3.8, 4) is 0 Å². The summed E-state index contributed by atoms with van der Waals surface area (Å²) in [7, 11) is 0. The molecule has 1 aliphatic rings. The second-order valence-electron chi connectivity index (χ2n) is 5.05. The lowest BCUT2D eigenvalue weighted by atomic mass is 9.96. The van der Waals surface area contributed by atoms with Crippen LogP contribution in [0.5, 0.6) is 0 Å². The third-order valence-corrected chi connectivity index (χ3v) is 3.61. The molecule has 0 aromatic heterocycles. The largest absolute Gasteiger partial charge is 0.481 e. The zero-order valence-corrected chi connectivity index (χ0v) is 11.3. The first-order valence-corrected chi connectivity index (χ1v) is 6.40. The van der Waals surface area contributed by atoms with Gasteiger partial charge in [0.1, 0.15) is 0 Å². The average molecular weight is 271 g/mol. The number of nitrogens with zero attached hydrogens (tertiary/aromatic N) is 1. The fraction of sp³-hybridized carbons (Fsp3) is 0.750. The molecule has 7 nitrogen and oxygen atoms in total. The summed E-state index contributed by atoms with van der Waals surface area (Å²) in [6.45, 7) is 4.07. The number of rotatable bonds is 4. The zero-order chi connectivity index (χ0) is 14.6. The fourth-order valence-corrected chi connectivity index (χ4v) is 2.07. The maximum Gasteiger partial charge on any atom is 0.314 e. The van der Waals surface area contributed by atoms with E-state index in [0.29, 0.717) is 19.5 Å².